The van der Waals surface area contributed by atoms with Crippen LogP contribution in [0.15, 0.2) is 93.5 Å². The Labute approximate surface area is 219 Å². The van der Waals surface area contributed by atoms with Gasteiger partial charge in [0, 0.05) is 33.8 Å². The third-order valence-corrected chi connectivity index (χ3v) is 6.56. The van der Waals surface area contributed by atoms with Crippen molar-refractivity contribution in [1.82, 2.24) is 10.4 Å². The molecule has 1 heterocycles. The number of amides is 1. The molecule has 11 nitrogen and oxygen atoms in total. The number of halogens is 1. The maximum absolute atomic E-state index is 12.7. The highest BCUT2D eigenvalue weighted by atomic mass is 79.9. The molecule has 0 spiro atoms. The number of carbonyl (C=O) groups is 1. The number of aromatic nitrogens is 1. The number of hydrazone groups is 1. The molecule has 0 fully saturated rings. The molecular weight excluding hydrogens is 568 g/mol. The molecule has 0 saturated heterocycles. The molecule has 0 atom stereocenters. The number of carbonyl (C=O) groups excluding carboxylic acids is 1. The van der Waals surface area contributed by atoms with Crippen molar-refractivity contribution >= 4 is 54.8 Å². The molecule has 0 aliphatic rings. The van der Waals surface area contributed by atoms with Gasteiger partial charge in [0.05, 0.1) is 11.1 Å². The summed E-state index contributed by atoms with van der Waals surface area (Å²) in [7, 11) is -4.40. The van der Waals surface area contributed by atoms with Crippen molar-refractivity contribution in [2.24, 2.45) is 5.10 Å². The number of nitrogens with zero attached hydrogens (tertiary/aromatic N) is 3. The Morgan fingerprint density at radius 3 is 2.68 bits per heavy atom. The molecule has 1 aromatic heterocycles. The van der Waals surface area contributed by atoms with Gasteiger partial charge in [0.2, 0.25) is 0 Å². The molecule has 4 aromatic rings. The summed E-state index contributed by atoms with van der Waals surface area (Å²) < 4.78 is 36.8. The zero-order chi connectivity index (χ0) is 26.4. The first kappa shape index (κ1) is 25.7. The van der Waals surface area contributed by atoms with Crippen molar-refractivity contribution in [3.8, 4) is 11.5 Å². The average Bonchev–Trinajstić information content (AvgIpc) is 2.89. The number of fused-ring (bicyclic) bond motifs is 1. The third-order valence-electron chi connectivity index (χ3n) is 4.84. The van der Waals surface area contributed by atoms with E-state index >= 15 is 0 Å². The van der Waals surface area contributed by atoms with Crippen molar-refractivity contribution in [3.05, 3.63) is 99.1 Å². The van der Waals surface area contributed by atoms with E-state index in [1.807, 2.05) is 12.1 Å². The lowest BCUT2D eigenvalue weighted by atomic mass is 10.2. The SMILES string of the molecule is O=C(COc1cccc2cccnc12)N/N=C\c1cc(Br)ccc1OS(=O)(=O)c1cccc([N+](=O)[O-])c1. The first-order valence-corrected chi connectivity index (χ1v) is 12.7. The van der Waals surface area contributed by atoms with Crippen LogP contribution in [0.5, 0.6) is 11.5 Å². The molecule has 0 aliphatic heterocycles. The van der Waals surface area contributed by atoms with Gasteiger partial charge in [0.15, 0.2) is 12.4 Å². The van der Waals surface area contributed by atoms with E-state index in [2.05, 4.69) is 31.4 Å². The molecule has 4 rings (SSSR count). The summed E-state index contributed by atoms with van der Waals surface area (Å²) in [6, 6.07) is 17.9. The molecule has 188 valence electrons. The summed E-state index contributed by atoms with van der Waals surface area (Å²) >= 11 is 3.28. The van der Waals surface area contributed by atoms with Crippen LogP contribution in [0.25, 0.3) is 10.9 Å². The molecule has 13 heteroatoms. The normalized spacial score (nSPS) is 11.4. The predicted molar refractivity (Wildman–Crippen MR) is 138 cm³/mol. The molecule has 0 radical (unpaired) electrons. The molecule has 0 saturated carbocycles. The molecule has 0 unspecified atom stereocenters. The first-order chi connectivity index (χ1) is 17.7. The number of pyridine rings is 1. The second kappa shape index (κ2) is 11.1. The standard InChI is InChI=1S/C24H17BrN4O7S/c25-18-9-10-21(36-37(33,34)20-7-2-6-19(13-20)29(31)32)17(12-18)14-27-28-23(30)15-35-22-8-1-4-16-5-3-11-26-24(16)22/h1-14H,15H2,(H,28,30)/b27-14-. The van der Waals surface area contributed by atoms with E-state index in [4.69, 9.17) is 8.92 Å². The second-order valence-corrected chi connectivity index (χ2v) is 9.85. The van der Waals surface area contributed by atoms with Gasteiger partial charge in [-0.05, 0) is 36.4 Å². The highest BCUT2D eigenvalue weighted by Gasteiger charge is 2.21. The van der Waals surface area contributed by atoms with E-state index in [9.17, 15) is 23.3 Å². The van der Waals surface area contributed by atoms with Crippen LogP contribution in [0.4, 0.5) is 5.69 Å². The van der Waals surface area contributed by atoms with Crippen LogP contribution in [-0.4, -0.2) is 37.1 Å². The van der Waals surface area contributed by atoms with E-state index in [1.165, 1.54) is 36.5 Å². The largest absolute Gasteiger partial charge is 0.481 e. The summed E-state index contributed by atoms with van der Waals surface area (Å²) in [4.78, 5) is 26.4. The van der Waals surface area contributed by atoms with E-state index in [1.54, 1.807) is 30.5 Å². The Morgan fingerprint density at radius 1 is 1.08 bits per heavy atom. The van der Waals surface area contributed by atoms with Crippen LogP contribution in [0.3, 0.4) is 0 Å². The van der Waals surface area contributed by atoms with Gasteiger partial charge in [0.1, 0.15) is 16.2 Å². The van der Waals surface area contributed by atoms with Gasteiger partial charge in [-0.25, -0.2) is 5.43 Å². The molecular formula is C24H17BrN4O7S. The lowest BCUT2D eigenvalue weighted by Crippen LogP contribution is -2.24. The summed E-state index contributed by atoms with van der Waals surface area (Å²) in [5, 5.41) is 15.7. The Balaban J connectivity index is 1.44. The smallest absolute Gasteiger partial charge is 0.339 e. The van der Waals surface area contributed by atoms with Gasteiger partial charge in [-0.3, -0.25) is 19.9 Å². The summed E-state index contributed by atoms with van der Waals surface area (Å²) in [6.07, 6.45) is 2.82. The fourth-order valence-corrected chi connectivity index (χ4v) is 4.53. The van der Waals surface area contributed by atoms with Crippen molar-refractivity contribution in [2.75, 3.05) is 6.61 Å². The quantitative estimate of drug-likeness (QED) is 0.133. The zero-order valence-electron chi connectivity index (χ0n) is 18.8. The van der Waals surface area contributed by atoms with Crippen LogP contribution in [0.1, 0.15) is 5.56 Å². The van der Waals surface area contributed by atoms with Crippen molar-refractivity contribution in [3.63, 3.8) is 0 Å². The Morgan fingerprint density at radius 2 is 1.86 bits per heavy atom. The highest BCUT2D eigenvalue weighted by molar-refractivity contribution is 9.10. The van der Waals surface area contributed by atoms with E-state index in [-0.39, 0.29) is 22.8 Å². The highest BCUT2D eigenvalue weighted by Crippen LogP contribution is 2.27. The van der Waals surface area contributed by atoms with Crippen LogP contribution in [0, 0.1) is 10.1 Å². The first-order valence-electron chi connectivity index (χ1n) is 10.5. The molecule has 37 heavy (non-hydrogen) atoms. The lowest BCUT2D eigenvalue weighted by molar-refractivity contribution is -0.385. The van der Waals surface area contributed by atoms with Crippen molar-refractivity contribution < 1.29 is 27.1 Å². The monoisotopic (exact) mass is 584 g/mol. The van der Waals surface area contributed by atoms with Crippen LogP contribution < -0.4 is 14.3 Å². The third kappa shape index (κ3) is 6.45. The average molecular weight is 585 g/mol. The fourth-order valence-electron chi connectivity index (χ4n) is 3.16. The minimum Gasteiger partial charge on any atom is -0.481 e. The zero-order valence-corrected chi connectivity index (χ0v) is 21.2. The minimum atomic E-state index is -4.40. The molecule has 1 N–H and O–H groups in total. The number of nitro benzene ring substituents is 1. The second-order valence-electron chi connectivity index (χ2n) is 7.39. The number of nitrogens with one attached hydrogen (secondary N) is 1. The number of non-ortho nitro benzene ring substituents is 1. The maximum atomic E-state index is 12.7. The predicted octanol–water partition coefficient (Wildman–Crippen LogP) is 4.20. The van der Waals surface area contributed by atoms with Gasteiger partial charge >= 0.3 is 10.1 Å². The molecule has 0 aliphatic carbocycles. The Kier molecular flexibility index (Phi) is 7.74. The van der Waals surface area contributed by atoms with Crippen molar-refractivity contribution in [2.45, 2.75) is 4.90 Å². The molecule has 3 aromatic carbocycles. The maximum Gasteiger partial charge on any atom is 0.339 e. The fraction of sp³-hybridized carbons (Fsp3) is 0.0417. The van der Waals surface area contributed by atoms with E-state index < -0.39 is 26.6 Å². The minimum absolute atomic E-state index is 0.106. The van der Waals surface area contributed by atoms with Crippen LogP contribution >= 0.6 is 15.9 Å². The molecule has 0 bridgehead atoms. The number of ether oxygens (including phenoxy) is 1. The van der Waals surface area contributed by atoms with E-state index in [0.29, 0.717) is 15.7 Å². The summed E-state index contributed by atoms with van der Waals surface area (Å²) in [6.45, 7) is -0.337. The van der Waals surface area contributed by atoms with Crippen molar-refractivity contribution in [1.29, 1.82) is 0 Å². The van der Waals surface area contributed by atoms with Crippen LogP contribution in [0.2, 0.25) is 0 Å². The molecule has 1 amide bonds. The summed E-state index contributed by atoms with van der Waals surface area (Å²) in [5.41, 5.74) is 2.73. The Bertz CT molecular complexity index is 1620. The number of para-hydroxylation sites is 1. The number of nitro groups is 1. The number of rotatable bonds is 9. The van der Waals surface area contributed by atoms with E-state index in [0.717, 1.165) is 11.5 Å². The lowest BCUT2D eigenvalue weighted by Gasteiger charge is -2.10. The van der Waals surface area contributed by atoms with Gasteiger partial charge in [-0.1, -0.05) is 40.2 Å². The number of benzene rings is 3. The summed E-state index contributed by atoms with van der Waals surface area (Å²) in [5.74, 6) is -0.233. The van der Waals surface area contributed by atoms with Crippen LogP contribution in [-0.2, 0) is 14.9 Å². The Hall–Kier alpha value is -4.36. The van der Waals surface area contributed by atoms with Gasteiger partial charge < -0.3 is 8.92 Å². The topological polar surface area (TPSA) is 150 Å². The number of hydrogen-bond donors (Lipinski definition) is 1. The van der Waals surface area contributed by atoms with Gasteiger partial charge in [-0.15, -0.1) is 0 Å². The van der Waals surface area contributed by atoms with Gasteiger partial charge in [-0.2, -0.15) is 13.5 Å². The number of hydrogen-bond acceptors (Lipinski definition) is 9. The van der Waals surface area contributed by atoms with Gasteiger partial charge in [0.25, 0.3) is 11.6 Å².